The summed E-state index contributed by atoms with van der Waals surface area (Å²) in [6.45, 7) is 2.12. The number of anilines is 1. The number of carbonyl (C=O) groups is 1. The van der Waals surface area contributed by atoms with Gasteiger partial charge in [-0.3, -0.25) is 4.79 Å². The Labute approximate surface area is 118 Å². The molecule has 0 spiro atoms. The summed E-state index contributed by atoms with van der Waals surface area (Å²) in [7, 11) is 1.62. The van der Waals surface area contributed by atoms with Crippen molar-refractivity contribution in [1.82, 2.24) is 0 Å². The lowest BCUT2D eigenvalue weighted by atomic mass is 10.2. The Hall–Kier alpha value is -1.75. The van der Waals surface area contributed by atoms with Crippen molar-refractivity contribution in [2.45, 2.75) is 25.4 Å². The molecule has 1 amide bonds. The van der Waals surface area contributed by atoms with Gasteiger partial charge in [-0.1, -0.05) is 0 Å². The minimum atomic E-state index is 0.0634. The number of rotatable bonds is 4. The third kappa shape index (κ3) is 2.58. The minimum absolute atomic E-state index is 0.0634. The van der Waals surface area contributed by atoms with E-state index in [9.17, 15) is 4.79 Å². The molecule has 1 aromatic rings. The van der Waals surface area contributed by atoms with E-state index in [-0.39, 0.29) is 12.0 Å². The summed E-state index contributed by atoms with van der Waals surface area (Å²) >= 11 is 0. The number of ether oxygens (including phenoxy) is 3. The highest BCUT2D eigenvalue weighted by atomic mass is 16.6. The van der Waals surface area contributed by atoms with Gasteiger partial charge in [0.25, 0.3) is 0 Å². The Kier molecular flexibility index (Phi) is 3.78. The Balaban J connectivity index is 1.83. The molecule has 0 aromatic heterocycles. The number of hydrogen-bond donors (Lipinski definition) is 0. The van der Waals surface area contributed by atoms with Crippen LogP contribution in [0.4, 0.5) is 5.69 Å². The summed E-state index contributed by atoms with van der Waals surface area (Å²) in [5.74, 6) is 1.54. The van der Waals surface area contributed by atoms with Crippen molar-refractivity contribution >= 4 is 11.6 Å². The second-order valence-electron chi connectivity index (χ2n) is 5.09. The van der Waals surface area contributed by atoms with Gasteiger partial charge in [-0.05, 0) is 18.6 Å². The van der Waals surface area contributed by atoms with Crippen LogP contribution in [-0.4, -0.2) is 38.9 Å². The number of methoxy groups -OCH3 is 1. The molecule has 0 bridgehead atoms. The monoisotopic (exact) mass is 277 g/mol. The first-order chi connectivity index (χ1) is 9.78. The van der Waals surface area contributed by atoms with Crippen molar-refractivity contribution in [3.63, 3.8) is 0 Å². The number of carbonyl (C=O) groups excluding carboxylic acids is 1. The average Bonchev–Trinajstić information content (AvgIpc) is 3.10. The van der Waals surface area contributed by atoms with Gasteiger partial charge in [-0.25, -0.2) is 0 Å². The lowest BCUT2D eigenvalue weighted by molar-refractivity contribution is -0.117. The molecule has 2 saturated heterocycles. The Bertz CT molecular complexity index is 497. The molecular weight excluding hydrogens is 258 g/mol. The van der Waals surface area contributed by atoms with Crippen LogP contribution in [0.1, 0.15) is 19.3 Å². The second-order valence-corrected chi connectivity index (χ2v) is 5.09. The third-order valence-electron chi connectivity index (χ3n) is 3.71. The third-order valence-corrected chi connectivity index (χ3v) is 3.71. The number of nitrogens with zero attached hydrogens (tertiary/aromatic N) is 1. The largest absolute Gasteiger partial charge is 0.493 e. The molecule has 0 saturated carbocycles. The zero-order valence-electron chi connectivity index (χ0n) is 11.6. The van der Waals surface area contributed by atoms with Gasteiger partial charge in [-0.2, -0.15) is 0 Å². The van der Waals surface area contributed by atoms with Crippen molar-refractivity contribution in [3.8, 4) is 11.5 Å². The molecule has 20 heavy (non-hydrogen) atoms. The van der Waals surface area contributed by atoms with E-state index in [1.165, 1.54) is 0 Å². The quantitative estimate of drug-likeness (QED) is 0.844. The predicted molar refractivity (Wildman–Crippen MR) is 74.4 cm³/mol. The van der Waals surface area contributed by atoms with Gasteiger partial charge in [0.15, 0.2) is 11.5 Å². The van der Waals surface area contributed by atoms with Gasteiger partial charge < -0.3 is 19.1 Å². The summed E-state index contributed by atoms with van der Waals surface area (Å²) in [6, 6.07) is 5.65. The maximum Gasteiger partial charge on any atom is 0.227 e. The molecule has 1 atom stereocenters. The Morgan fingerprint density at radius 1 is 1.35 bits per heavy atom. The molecule has 1 aromatic carbocycles. The van der Waals surface area contributed by atoms with E-state index in [1.807, 2.05) is 18.2 Å². The van der Waals surface area contributed by atoms with Crippen LogP contribution in [0.25, 0.3) is 0 Å². The zero-order chi connectivity index (χ0) is 13.9. The molecule has 2 aliphatic rings. The fraction of sp³-hybridized carbons (Fsp3) is 0.533. The van der Waals surface area contributed by atoms with Crippen LogP contribution in [0.2, 0.25) is 0 Å². The maximum absolute atomic E-state index is 11.8. The van der Waals surface area contributed by atoms with Crippen LogP contribution >= 0.6 is 0 Å². The van der Waals surface area contributed by atoms with E-state index >= 15 is 0 Å². The number of amides is 1. The summed E-state index contributed by atoms with van der Waals surface area (Å²) in [4.78, 5) is 13.6. The van der Waals surface area contributed by atoms with Crippen LogP contribution < -0.4 is 14.4 Å². The molecule has 2 heterocycles. The number of hydrogen-bond acceptors (Lipinski definition) is 4. The highest BCUT2D eigenvalue weighted by Gasteiger charge is 2.24. The van der Waals surface area contributed by atoms with Crippen molar-refractivity contribution in [1.29, 1.82) is 0 Å². The molecule has 108 valence electrons. The van der Waals surface area contributed by atoms with Crippen LogP contribution in [0.15, 0.2) is 18.2 Å². The molecule has 0 unspecified atom stereocenters. The van der Waals surface area contributed by atoms with Gasteiger partial charge >= 0.3 is 0 Å². The maximum atomic E-state index is 11.8. The van der Waals surface area contributed by atoms with E-state index < -0.39 is 0 Å². The van der Waals surface area contributed by atoms with Gasteiger partial charge in [-0.15, -0.1) is 0 Å². The van der Waals surface area contributed by atoms with E-state index in [2.05, 4.69) is 0 Å². The highest BCUT2D eigenvalue weighted by Crippen LogP contribution is 2.34. The van der Waals surface area contributed by atoms with Crippen molar-refractivity contribution in [2.24, 2.45) is 0 Å². The fourth-order valence-corrected chi connectivity index (χ4v) is 2.63. The van der Waals surface area contributed by atoms with Crippen LogP contribution in [-0.2, 0) is 9.53 Å². The van der Waals surface area contributed by atoms with Crippen LogP contribution in [0, 0.1) is 0 Å². The topological polar surface area (TPSA) is 48.0 Å². The molecule has 0 aliphatic carbocycles. The first kappa shape index (κ1) is 13.2. The molecule has 5 nitrogen and oxygen atoms in total. The van der Waals surface area contributed by atoms with Gasteiger partial charge in [0.2, 0.25) is 5.91 Å². The van der Waals surface area contributed by atoms with Crippen LogP contribution in [0.5, 0.6) is 11.5 Å². The molecular formula is C15H19NO4. The van der Waals surface area contributed by atoms with Crippen molar-refractivity contribution in [2.75, 3.05) is 31.8 Å². The molecule has 0 radical (unpaired) electrons. The first-order valence-corrected chi connectivity index (χ1v) is 7.01. The minimum Gasteiger partial charge on any atom is -0.493 e. The lowest BCUT2D eigenvalue weighted by Gasteiger charge is -2.20. The summed E-state index contributed by atoms with van der Waals surface area (Å²) in [5, 5.41) is 0. The first-order valence-electron chi connectivity index (χ1n) is 7.01. The molecule has 5 heteroatoms. The number of benzene rings is 1. The second kappa shape index (κ2) is 5.71. The highest BCUT2D eigenvalue weighted by molar-refractivity contribution is 5.95. The summed E-state index contributed by atoms with van der Waals surface area (Å²) in [5.41, 5.74) is 0.877. The molecule has 0 N–H and O–H groups in total. The van der Waals surface area contributed by atoms with E-state index in [0.717, 1.165) is 31.7 Å². The smallest absolute Gasteiger partial charge is 0.227 e. The van der Waals surface area contributed by atoms with Crippen LogP contribution in [0.3, 0.4) is 0 Å². The normalized spacial score (nSPS) is 22.4. The summed E-state index contributed by atoms with van der Waals surface area (Å²) < 4.78 is 16.6. The van der Waals surface area contributed by atoms with E-state index in [1.54, 1.807) is 12.0 Å². The summed E-state index contributed by atoms with van der Waals surface area (Å²) in [6.07, 6.45) is 2.49. The lowest BCUT2D eigenvalue weighted by Crippen LogP contribution is -2.24. The Morgan fingerprint density at radius 3 is 2.90 bits per heavy atom. The van der Waals surface area contributed by atoms with Gasteiger partial charge in [0.05, 0.1) is 20.3 Å². The van der Waals surface area contributed by atoms with E-state index in [4.69, 9.17) is 14.2 Å². The Morgan fingerprint density at radius 2 is 2.25 bits per heavy atom. The molecule has 3 rings (SSSR count). The van der Waals surface area contributed by atoms with Crippen molar-refractivity contribution in [3.05, 3.63) is 18.2 Å². The predicted octanol–water partition coefficient (Wildman–Crippen LogP) is 1.99. The molecule has 2 aliphatic heterocycles. The molecule has 2 fully saturated rings. The van der Waals surface area contributed by atoms with Gasteiger partial charge in [0.1, 0.15) is 6.10 Å². The zero-order valence-corrected chi connectivity index (χ0v) is 11.6. The SMILES string of the molecule is COc1ccc(N2CCCC2=O)cc1O[C@@H]1CCOC1. The van der Waals surface area contributed by atoms with Gasteiger partial charge in [0, 0.05) is 31.1 Å². The standard InChI is InChI=1S/C15H19NO4/c1-18-13-5-4-11(16-7-2-3-15(16)17)9-14(13)20-12-6-8-19-10-12/h4-5,9,12H,2-3,6-8,10H2,1H3/t12-/m1/s1. The fourth-order valence-electron chi connectivity index (χ4n) is 2.63. The average molecular weight is 277 g/mol. The van der Waals surface area contributed by atoms with Crippen molar-refractivity contribution < 1.29 is 19.0 Å². The van der Waals surface area contributed by atoms with E-state index in [0.29, 0.717) is 24.5 Å².